The van der Waals surface area contributed by atoms with Crippen LogP contribution in [0.5, 0.6) is 0 Å². The maximum absolute atomic E-state index is 10.2. The highest BCUT2D eigenvalue weighted by Crippen LogP contribution is 2.07. The lowest BCUT2D eigenvalue weighted by Crippen LogP contribution is -2.51. The third-order valence-corrected chi connectivity index (χ3v) is 1.44. The number of amides is 2. The molecule has 0 aliphatic carbocycles. The standard InChI is InChI=1S/C6H9N2O3/c7-6(10)3-11-5-1-8(2-5)4-9/h5H,1-3H2,(H2,7,10). The van der Waals surface area contributed by atoms with Crippen LogP contribution in [0, 0.1) is 0 Å². The van der Waals surface area contributed by atoms with E-state index in [2.05, 4.69) is 0 Å². The van der Waals surface area contributed by atoms with Crippen LogP contribution in [-0.2, 0) is 14.3 Å². The Morgan fingerprint density at radius 3 is 2.82 bits per heavy atom. The Hall–Kier alpha value is -1.10. The zero-order valence-electron chi connectivity index (χ0n) is 5.95. The summed E-state index contributed by atoms with van der Waals surface area (Å²) in [6.07, 6.45) is 1.67. The molecule has 1 heterocycles. The van der Waals surface area contributed by atoms with E-state index < -0.39 is 5.91 Å². The molecule has 0 aromatic heterocycles. The van der Waals surface area contributed by atoms with E-state index in [1.165, 1.54) is 4.90 Å². The van der Waals surface area contributed by atoms with Gasteiger partial charge in [-0.3, -0.25) is 9.59 Å². The number of ether oxygens (including phenoxy) is 1. The minimum absolute atomic E-state index is 0.0380. The van der Waals surface area contributed by atoms with Gasteiger partial charge in [-0.15, -0.1) is 0 Å². The van der Waals surface area contributed by atoms with Gasteiger partial charge < -0.3 is 15.4 Å². The molecule has 5 heteroatoms. The highest BCUT2D eigenvalue weighted by Gasteiger charge is 2.26. The van der Waals surface area contributed by atoms with Crippen molar-refractivity contribution in [2.24, 2.45) is 5.73 Å². The van der Waals surface area contributed by atoms with Crippen LogP contribution in [0.3, 0.4) is 0 Å². The molecule has 2 N–H and O–H groups in total. The molecule has 0 saturated carbocycles. The summed E-state index contributed by atoms with van der Waals surface area (Å²) in [5.41, 5.74) is 4.83. The number of carbonyl (C=O) groups excluding carboxylic acids is 2. The van der Waals surface area contributed by atoms with Gasteiger partial charge in [0.1, 0.15) is 6.61 Å². The molecule has 0 spiro atoms. The average Bonchev–Trinajstić information content (AvgIpc) is 1.84. The van der Waals surface area contributed by atoms with E-state index in [0.29, 0.717) is 13.1 Å². The van der Waals surface area contributed by atoms with Crippen LogP contribution in [-0.4, -0.2) is 43.0 Å². The molecule has 0 atom stereocenters. The van der Waals surface area contributed by atoms with Gasteiger partial charge in [0, 0.05) is 13.1 Å². The fraction of sp³-hybridized carbons (Fsp3) is 0.667. The van der Waals surface area contributed by atoms with Gasteiger partial charge in [0.25, 0.3) is 0 Å². The number of nitrogens with zero attached hydrogens (tertiary/aromatic N) is 1. The summed E-state index contributed by atoms with van der Waals surface area (Å²) >= 11 is 0. The largest absolute Gasteiger partial charge is 0.368 e. The topological polar surface area (TPSA) is 72.6 Å². The van der Waals surface area contributed by atoms with Crippen molar-refractivity contribution >= 4 is 12.3 Å². The van der Waals surface area contributed by atoms with Crippen molar-refractivity contribution in [3.05, 3.63) is 0 Å². The van der Waals surface area contributed by atoms with Gasteiger partial charge in [-0.05, 0) is 0 Å². The molecule has 5 nitrogen and oxygen atoms in total. The maximum atomic E-state index is 10.2. The minimum Gasteiger partial charge on any atom is -0.368 e. The molecule has 1 saturated heterocycles. The fourth-order valence-corrected chi connectivity index (χ4v) is 0.818. The molecule has 11 heavy (non-hydrogen) atoms. The predicted octanol–water partition coefficient (Wildman–Crippen LogP) is -1.76. The maximum Gasteiger partial charge on any atom is 0.312 e. The molecule has 0 aromatic carbocycles. The van der Waals surface area contributed by atoms with Crippen LogP contribution >= 0.6 is 0 Å². The number of rotatable bonds is 4. The molecule has 2 amide bonds. The summed E-state index contributed by atoms with van der Waals surface area (Å²) in [5, 5.41) is 0. The molecule has 0 bridgehead atoms. The van der Waals surface area contributed by atoms with Crippen LogP contribution in [0.25, 0.3) is 0 Å². The first-order chi connectivity index (χ1) is 5.22. The highest BCUT2D eigenvalue weighted by atomic mass is 16.5. The molecular formula is C6H9N2O3. The van der Waals surface area contributed by atoms with Gasteiger partial charge in [0.2, 0.25) is 5.91 Å². The molecule has 0 aromatic rings. The summed E-state index contributed by atoms with van der Waals surface area (Å²) in [5.74, 6) is -0.487. The van der Waals surface area contributed by atoms with Gasteiger partial charge in [-0.1, -0.05) is 0 Å². The lowest BCUT2D eigenvalue weighted by Gasteiger charge is -2.34. The van der Waals surface area contributed by atoms with Gasteiger partial charge in [-0.25, -0.2) is 0 Å². The van der Waals surface area contributed by atoms with Crippen LogP contribution < -0.4 is 5.73 Å². The number of hydrogen-bond donors (Lipinski definition) is 1. The van der Waals surface area contributed by atoms with E-state index in [0.717, 1.165) is 0 Å². The second-order valence-corrected chi connectivity index (χ2v) is 2.40. The summed E-state index contributed by atoms with van der Waals surface area (Å²) in [4.78, 5) is 21.6. The first kappa shape index (κ1) is 8.00. The third-order valence-electron chi connectivity index (χ3n) is 1.44. The minimum atomic E-state index is -0.487. The number of hydrogen-bond acceptors (Lipinski definition) is 3. The quantitative estimate of drug-likeness (QED) is 0.525. The van der Waals surface area contributed by atoms with Crippen molar-refractivity contribution in [3.63, 3.8) is 0 Å². The summed E-state index contributed by atoms with van der Waals surface area (Å²) in [7, 11) is 0. The van der Waals surface area contributed by atoms with Gasteiger partial charge in [0.05, 0.1) is 6.10 Å². The van der Waals surface area contributed by atoms with Crippen molar-refractivity contribution in [2.45, 2.75) is 6.10 Å². The first-order valence-corrected chi connectivity index (χ1v) is 3.25. The molecule has 1 aliphatic rings. The zero-order chi connectivity index (χ0) is 8.27. The van der Waals surface area contributed by atoms with Crippen LogP contribution in [0.4, 0.5) is 0 Å². The number of primary amides is 1. The molecule has 1 aliphatic heterocycles. The van der Waals surface area contributed by atoms with E-state index in [-0.39, 0.29) is 12.7 Å². The van der Waals surface area contributed by atoms with E-state index in [9.17, 15) is 9.59 Å². The lowest BCUT2D eigenvalue weighted by atomic mass is 10.2. The number of nitrogens with two attached hydrogens (primary N) is 1. The normalized spacial score (nSPS) is 17.6. The third kappa shape index (κ3) is 2.19. The first-order valence-electron chi connectivity index (χ1n) is 3.25. The van der Waals surface area contributed by atoms with Gasteiger partial charge in [-0.2, -0.15) is 0 Å². The molecule has 1 radical (unpaired) electrons. The van der Waals surface area contributed by atoms with Crippen molar-refractivity contribution in [3.8, 4) is 0 Å². The number of carbonyl (C=O) groups is 1. The van der Waals surface area contributed by atoms with Crippen LogP contribution in [0.15, 0.2) is 0 Å². The van der Waals surface area contributed by atoms with Crippen LogP contribution in [0.2, 0.25) is 0 Å². The Bertz CT molecular complexity index is 165. The lowest BCUT2D eigenvalue weighted by molar-refractivity contribution is -0.127. The van der Waals surface area contributed by atoms with E-state index in [4.69, 9.17) is 10.5 Å². The predicted molar refractivity (Wildman–Crippen MR) is 36.2 cm³/mol. The molecule has 1 fully saturated rings. The fourth-order valence-electron chi connectivity index (χ4n) is 0.818. The second-order valence-electron chi connectivity index (χ2n) is 2.40. The smallest absolute Gasteiger partial charge is 0.312 e. The molecule has 1 rings (SSSR count). The Labute approximate surface area is 64.1 Å². The van der Waals surface area contributed by atoms with Crippen molar-refractivity contribution in [1.29, 1.82) is 0 Å². The molecule has 0 unspecified atom stereocenters. The second kappa shape index (κ2) is 3.34. The Balaban J connectivity index is 2.04. The average molecular weight is 157 g/mol. The summed E-state index contributed by atoms with van der Waals surface area (Å²) in [6.45, 7) is 0.949. The van der Waals surface area contributed by atoms with E-state index in [1.54, 1.807) is 6.41 Å². The Morgan fingerprint density at radius 2 is 2.36 bits per heavy atom. The van der Waals surface area contributed by atoms with Crippen molar-refractivity contribution in [1.82, 2.24) is 4.90 Å². The highest BCUT2D eigenvalue weighted by molar-refractivity contribution is 5.75. The zero-order valence-corrected chi connectivity index (χ0v) is 5.95. The Morgan fingerprint density at radius 1 is 1.73 bits per heavy atom. The van der Waals surface area contributed by atoms with Crippen molar-refractivity contribution in [2.75, 3.05) is 19.7 Å². The van der Waals surface area contributed by atoms with Crippen LogP contribution in [0.1, 0.15) is 0 Å². The van der Waals surface area contributed by atoms with Gasteiger partial charge in [0.15, 0.2) is 0 Å². The Kier molecular flexibility index (Phi) is 2.43. The molecule has 61 valence electrons. The van der Waals surface area contributed by atoms with Gasteiger partial charge >= 0.3 is 6.41 Å². The summed E-state index contributed by atoms with van der Waals surface area (Å²) < 4.78 is 4.98. The van der Waals surface area contributed by atoms with Crippen molar-refractivity contribution < 1.29 is 14.3 Å². The van der Waals surface area contributed by atoms with E-state index >= 15 is 0 Å². The monoisotopic (exact) mass is 157 g/mol. The summed E-state index contributed by atoms with van der Waals surface area (Å²) in [6, 6.07) is 0. The SMILES string of the molecule is NC(=O)COC1CN([C]=O)C1. The molecular weight excluding hydrogens is 148 g/mol. The van der Waals surface area contributed by atoms with E-state index in [1.807, 2.05) is 0 Å². The number of likely N-dealkylation sites (tertiary alicyclic amines) is 1.